The van der Waals surface area contributed by atoms with Gasteiger partial charge in [-0.25, -0.2) is 13.9 Å². The first-order valence-corrected chi connectivity index (χ1v) is 10.8. The number of halogens is 1. The zero-order valence-corrected chi connectivity index (χ0v) is 18.8. The summed E-state index contributed by atoms with van der Waals surface area (Å²) in [6.45, 7) is 0.653. The van der Waals surface area contributed by atoms with Crippen LogP contribution >= 0.6 is 0 Å². The molecule has 0 saturated carbocycles. The number of ether oxygens (including phenoxy) is 3. The second-order valence-electron chi connectivity index (χ2n) is 7.71. The van der Waals surface area contributed by atoms with E-state index in [2.05, 4.69) is 15.1 Å². The van der Waals surface area contributed by atoms with E-state index in [0.29, 0.717) is 6.61 Å². The molecule has 2 heterocycles. The number of aromatic nitrogens is 4. The van der Waals surface area contributed by atoms with Gasteiger partial charge < -0.3 is 25.7 Å². The molecule has 4 N–H and O–H groups in total. The van der Waals surface area contributed by atoms with Gasteiger partial charge in [0, 0.05) is 7.11 Å². The van der Waals surface area contributed by atoms with Crippen molar-refractivity contribution in [2.75, 3.05) is 25.2 Å². The Bertz CT molecular complexity index is 1190. The summed E-state index contributed by atoms with van der Waals surface area (Å²) in [7, 11) is 1.49. The molecule has 9 nitrogen and oxygen atoms in total. The first kappa shape index (κ1) is 23.6. The van der Waals surface area contributed by atoms with Crippen LogP contribution in [0, 0.1) is 0 Å². The van der Waals surface area contributed by atoms with Crippen LogP contribution in [0.15, 0.2) is 66.9 Å². The molecular weight excluding hydrogens is 439 g/mol. The molecule has 0 saturated heterocycles. The molecule has 0 aliphatic carbocycles. The Kier molecular flexibility index (Phi) is 7.63. The molecule has 178 valence electrons. The van der Waals surface area contributed by atoms with Crippen molar-refractivity contribution in [2.24, 2.45) is 0 Å². The third-order valence-corrected chi connectivity index (χ3v) is 5.35. The van der Waals surface area contributed by atoms with E-state index in [1.54, 1.807) is 0 Å². The number of nitrogens with zero attached hydrogens (tertiary/aromatic N) is 4. The maximum Gasteiger partial charge on any atom is 0.240 e. The number of nitrogen functional groups attached to an aromatic ring is 2. The number of imidazole rings is 1. The van der Waals surface area contributed by atoms with Crippen molar-refractivity contribution in [3.8, 4) is 0 Å². The average Bonchev–Trinajstić information content (AvgIpc) is 3.28. The van der Waals surface area contributed by atoms with E-state index in [4.69, 9.17) is 25.7 Å². The van der Waals surface area contributed by atoms with Gasteiger partial charge in [-0.3, -0.25) is 0 Å². The Morgan fingerprint density at radius 3 is 2.26 bits per heavy atom. The Labute approximate surface area is 196 Å². The first-order valence-electron chi connectivity index (χ1n) is 10.8. The van der Waals surface area contributed by atoms with Gasteiger partial charge in [0.15, 0.2) is 17.6 Å². The van der Waals surface area contributed by atoms with E-state index >= 15 is 4.39 Å². The highest BCUT2D eigenvalue weighted by atomic mass is 19.1. The van der Waals surface area contributed by atoms with Gasteiger partial charge in [0.2, 0.25) is 5.95 Å². The molecule has 4 aromatic rings. The quantitative estimate of drug-likeness (QED) is 0.346. The zero-order valence-electron chi connectivity index (χ0n) is 18.8. The fourth-order valence-corrected chi connectivity index (χ4v) is 3.60. The number of fused-ring (bicyclic) bond motifs is 1. The molecule has 2 aromatic carbocycles. The van der Waals surface area contributed by atoms with Crippen molar-refractivity contribution in [3.05, 3.63) is 83.7 Å². The minimum absolute atomic E-state index is 0.0576. The largest absolute Gasteiger partial charge is 0.380 e. The average molecular weight is 467 g/mol. The third-order valence-electron chi connectivity index (χ3n) is 5.35. The summed E-state index contributed by atoms with van der Waals surface area (Å²) < 4.78 is 34.8. The van der Waals surface area contributed by atoms with Crippen LogP contribution in [0.2, 0.25) is 0 Å². The molecule has 0 fully saturated rings. The number of hydrogen-bond donors (Lipinski definition) is 2. The molecule has 0 aliphatic heterocycles. The molecule has 0 spiro atoms. The molecular formula is C24H27FN6O3. The third kappa shape index (κ3) is 5.48. The van der Waals surface area contributed by atoms with Crippen LogP contribution in [0.1, 0.15) is 23.0 Å². The van der Waals surface area contributed by atoms with Crippen LogP contribution in [0.4, 0.5) is 16.2 Å². The Morgan fingerprint density at radius 1 is 0.971 bits per heavy atom. The van der Waals surface area contributed by atoms with Crippen LogP contribution in [-0.2, 0) is 27.4 Å². The smallest absolute Gasteiger partial charge is 0.240 e. The molecule has 0 amide bonds. The predicted molar refractivity (Wildman–Crippen MR) is 125 cm³/mol. The molecule has 0 unspecified atom stereocenters. The van der Waals surface area contributed by atoms with Gasteiger partial charge in [0.05, 0.1) is 26.0 Å². The number of benzene rings is 2. The second-order valence-corrected chi connectivity index (χ2v) is 7.71. The van der Waals surface area contributed by atoms with Gasteiger partial charge >= 0.3 is 0 Å². The van der Waals surface area contributed by atoms with Gasteiger partial charge in [-0.2, -0.15) is 4.98 Å². The number of methoxy groups -OCH3 is 1. The van der Waals surface area contributed by atoms with Crippen molar-refractivity contribution in [1.82, 2.24) is 19.6 Å². The summed E-state index contributed by atoms with van der Waals surface area (Å²) in [4.78, 5) is 8.04. The van der Waals surface area contributed by atoms with Gasteiger partial charge in [-0.15, -0.1) is 5.10 Å². The van der Waals surface area contributed by atoms with Crippen molar-refractivity contribution in [2.45, 2.75) is 31.6 Å². The number of hydrogen-bond acceptors (Lipinski definition) is 8. The van der Waals surface area contributed by atoms with Crippen LogP contribution in [-0.4, -0.2) is 45.5 Å². The maximum absolute atomic E-state index is 16.1. The molecule has 2 aromatic heterocycles. The normalized spacial score (nSPS) is 14.2. The lowest BCUT2D eigenvalue weighted by Crippen LogP contribution is -2.38. The van der Waals surface area contributed by atoms with E-state index < -0.39 is 18.4 Å². The maximum atomic E-state index is 16.1. The van der Waals surface area contributed by atoms with E-state index in [1.165, 1.54) is 17.8 Å². The summed E-state index contributed by atoms with van der Waals surface area (Å²) in [5.41, 5.74) is 13.8. The van der Waals surface area contributed by atoms with Gasteiger partial charge in [-0.1, -0.05) is 60.7 Å². The van der Waals surface area contributed by atoms with Gasteiger partial charge in [0.1, 0.15) is 17.9 Å². The standard InChI is InChI=1S/C24H27FN6O3/c1-32-19(15-33-13-16-8-4-2-5-9-16)21(34-14-17-10-6-3-7-11-17)20(25)18-12-28-23-22(26)29-24(27)30-31(18)23/h2-12,19-21H,13-15H2,1H3,(H4,26,27,29,30)/t19-,20+,21-/m1/s1. The van der Waals surface area contributed by atoms with E-state index in [9.17, 15) is 0 Å². The Balaban J connectivity index is 1.57. The van der Waals surface area contributed by atoms with Crippen LogP contribution in [0.3, 0.4) is 0 Å². The fourth-order valence-electron chi connectivity index (χ4n) is 3.60. The Hall–Kier alpha value is -3.60. The molecule has 0 aliphatic rings. The summed E-state index contributed by atoms with van der Waals surface area (Å²) >= 11 is 0. The van der Waals surface area contributed by atoms with E-state index in [1.807, 2.05) is 60.7 Å². The van der Waals surface area contributed by atoms with Crippen molar-refractivity contribution in [3.63, 3.8) is 0 Å². The number of nitrogens with two attached hydrogens (primary N) is 2. The monoisotopic (exact) mass is 466 g/mol. The molecule has 3 atom stereocenters. The lowest BCUT2D eigenvalue weighted by atomic mass is 10.1. The minimum Gasteiger partial charge on any atom is -0.380 e. The van der Waals surface area contributed by atoms with Gasteiger partial charge in [0.25, 0.3) is 0 Å². The highest BCUT2D eigenvalue weighted by Gasteiger charge is 2.35. The summed E-state index contributed by atoms with van der Waals surface area (Å²) in [5, 5.41) is 4.08. The lowest BCUT2D eigenvalue weighted by molar-refractivity contribution is -0.125. The highest BCUT2D eigenvalue weighted by Crippen LogP contribution is 2.29. The minimum atomic E-state index is -1.67. The first-order chi connectivity index (χ1) is 16.6. The van der Waals surface area contributed by atoms with Crippen molar-refractivity contribution >= 4 is 17.4 Å². The predicted octanol–water partition coefficient (Wildman–Crippen LogP) is 3.12. The van der Waals surface area contributed by atoms with Crippen LogP contribution < -0.4 is 11.5 Å². The number of alkyl halides is 1. The molecule has 4 rings (SSSR count). The second kappa shape index (κ2) is 11.0. The van der Waals surface area contributed by atoms with Crippen LogP contribution in [0.5, 0.6) is 0 Å². The topological polar surface area (TPSA) is 123 Å². The number of anilines is 2. The fraction of sp³-hybridized carbons (Fsp3) is 0.292. The molecule has 0 radical (unpaired) electrons. The van der Waals surface area contributed by atoms with Crippen molar-refractivity contribution < 1.29 is 18.6 Å². The van der Waals surface area contributed by atoms with Crippen LogP contribution in [0.25, 0.3) is 5.65 Å². The zero-order chi connectivity index (χ0) is 23.9. The molecule has 10 heteroatoms. The summed E-state index contributed by atoms with van der Waals surface area (Å²) in [6, 6.07) is 19.2. The summed E-state index contributed by atoms with van der Waals surface area (Å²) in [5.74, 6) is -0.0325. The van der Waals surface area contributed by atoms with Crippen molar-refractivity contribution in [1.29, 1.82) is 0 Å². The van der Waals surface area contributed by atoms with E-state index in [0.717, 1.165) is 11.1 Å². The van der Waals surface area contributed by atoms with Gasteiger partial charge in [-0.05, 0) is 11.1 Å². The highest BCUT2D eigenvalue weighted by molar-refractivity contribution is 5.60. The molecule has 34 heavy (non-hydrogen) atoms. The van der Waals surface area contributed by atoms with E-state index in [-0.39, 0.29) is 36.3 Å². The molecule has 0 bridgehead atoms. The Morgan fingerprint density at radius 2 is 1.62 bits per heavy atom. The summed E-state index contributed by atoms with van der Waals surface area (Å²) in [6.07, 6.45) is -2.07. The number of rotatable bonds is 11. The SMILES string of the molecule is CO[C@H](COCc1ccccc1)[C@@H](OCc1ccccc1)[C@@H](F)c1cnc2c(N)nc(N)nn12. The lowest BCUT2D eigenvalue weighted by Gasteiger charge is -2.28.